The molecule has 2 heterocycles. The Morgan fingerprint density at radius 1 is 1.04 bits per heavy atom. The zero-order chi connectivity index (χ0) is 18.3. The third-order valence-electron chi connectivity index (χ3n) is 4.58. The molecule has 0 aliphatic carbocycles. The monoisotopic (exact) mass is 372 g/mol. The zero-order valence-electron chi connectivity index (χ0n) is 14.4. The van der Waals surface area contributed by atoms with Gasteiger partial charge < -0.3 is 0 Å². The Hall–Kier alpha value is -2.38. The molecule has 0 radical (unpaired) electrons. The second-order valence-electron chi connectivity index (χ2n) is 6.27. The number of hydrogen-bond donors (Lipinski definition) is 0. The lowest BCUT2D eigenvalue weighted by atomic mass is 10.2. The van der Waals surface area contributed by atoms with E-state index in [1.165, 1.54) is 0 Å². The molecule has 4 rings (SSSR count). The number of benzene rings is 2. The van der Waals surface area contributed by atoms with E-state index < -0.39 is 6.55 Å². The Morgan fingerprint density at radius 3 is 2.46 bits per heavy atom. The number of fused-ring (bicyclic) bond motifs is 2. The number of halogens is 2. The number of para-hydroxylation sites is 3. The van der Waals surface area contributed by atoms with Gasteiger partial charge >= 0.3 is 6.55 Å². The molecule has 0 N–H and O–H groups in total. The molecule has 1 unspecified atom stereocenters. The van der Waals surface area contributed by atoms with Crippen LogP contribution >= 0.6 is 11.3 Å². The number of thiazole rings is 1. The van der Waals surface area contributed by atoms with Crippen LogP contribution in [0.15, 0.2) is 48.5 Å². The molecule has 0 saturated carbocycles. The van der Waals surface area contributed by atoms with E-state index >= 15 is 0 Å². The fourth-order valence-electron chi connectivity index (χ4n) is 3.10. The molecular weight excluding hydrogens is 354 g/mol. The Bertz CT molecular complexity index is 1020. The first kappa shape index (κ1) is 17.1. The van der Waals surface area contributed by atoms with E-state index in [1.54, 1.807) is 29.5 Å². The Kier molecular flexibility index (Phi) is 4.42. The van der Waals surface area contributed by atoms with Crippen LogP contribution in [0.1, 0.15) is 30.3 Å². The summed E-state index contributed by atoms with van der Waals surface area (Å²) < 4.78 is 29.5. The molecule has 26 heavy (non-hydrogen) atoms. The zero-order valence-corrected chi connectivity index (χ0v) is 15.3. The van der Waals surface area contributed by atoms with Gasteiger partial charge in [0.05, 0.1) is 33.8 Å². The van der Waals surface area contributed by atoms with Crippen molar-refractivity contribution in [3.8, 4) is 0 Å². The molecular formula is C19H18F2N4S. The van der Waals surface area contributed by atoms with Crippen LogP contribution in [0.2, 0.25) is 0 Å². The molecule has 134 valence electrons. The molecule has 4 nitrogen and oxygen atoms in total. The number of rotatable bonds is 5. The average molecular weight is 372 g/mol. The maximum absolute atomic E-state index is 13.7. The van der Waals surface area contributed by atoms with Crippen LogP contribution in [0.4, 0.5) is 8.78 Å². The third kappa shape index (κ3) is 2.97. The summed E-state index contributed by atoms with van der Waals surface area (Å²) in [5, 5.41) is 0.959. The minimum Gasteiger partial charge on any atom is -0.290 e. The summed E-state index contributed by atoms with van der Waals surface area (Å²) in [6.45, 7) is -0.156. The van der Waals surface area contributed by atoms with Crippen LogP contribution in [0.25, 0.3) is 21.3 Å². The van der Waals surface area contributed by atoms with Gasteiger partial charge in [0.25, 0.3) is 0 Å². The molecule has 7 heteroatoms. The van der Waals surface area contributed by atoms with E-state index in [2.05, 4.69) is 9.97 Å². The minimum atomic E-state index is -2.63. The Labute approximate surface area is 153 Å². The van der Waals surface area contributed by atoms with E-state index in [0.717, 1.165) is 19.8 Å². The summed E-state index contributed by atoms with van der Waals surface area (Å²) in [7, 11) is 1.91. The van der Waals surface area contributed by atoms with Crippen LogP contribution in [0, 0.1) is 0 Å². The first-order valence-corrected chi connectivity index (χ1v) is 9.16. The van der Waals surface area contributed by atoms with E-state index in [1.807, 2.05) is 49.2 Å². The minimum absolute atomic E-state index is 0.275. The van der Waals surface area contributed by atoms with Gasteiger partial charge in [0, 0.05) is 0 Å². The van der Waals surface area contributed by atoms with Crippen molar-refractivity contribution in [1.82, 2.24) is 19.4 Å². The van der Waals surface area contributed by atoms with Gasteiger partial charge in [-0.2, -0.15) is 8.78 Å². The number of imidazole rings is 1. The lowest BCUT2D eigenvalue weighted by Crippen LogP contribution is -2.25. The van der Waals surface area contributed by atoms with Gasteiger partial charge in [-0.1, -0.05) is 24.3 Å². The highest BCUT2D eigenvalue weighted by Gasteiger charge is 2.24. The quantitative estimate of drug-likeness (QED) is 0.481. The van der Waals surface area contributed by atoms with E-state index in [9.17, 15) is 8.78 Å². The standard InChI is InChI=1S/C19H18F2N4S/c1-12(18-23-13-7-3-5-9-15(13)25(18)19(20)21)24(2)11-17-22-14-8-4-6-10-16(14)26-17/h3-10,12,19H,11H2,1-2H3. The van der Waals surface area contributed by atoms with E-state index in [0.29, 0.717) is 23.4 Å². The van der Waals surface area contributed by atoms with Crippen LogP contribution in [0.5, 0.6) is 0 Å². The molecule has 0 amide bonds. The summed E-state index contributed by atoms with van der Waals surface area (Å²) in [6, 6.07) is 14.7. The van der Waals surface area contributed by atoms with Crippen molar-refractivity contribution in [1.29, 1.82) is 0 Å². The van der Waals surface area contributed by atoms with Crippen molar-refractivity contribution in [2.75, 3.05) is 7.05 Å². The molecule has 0 aliphatic heterocycles. The van der Waals surface area contributed by atoms with Crippen molar-refractivity contribution in [2.24, 2.45) is 0 Å². The predicted molar refractivity (Wildman–Crippen MR) is 100 cm³/mol. The van der Waals surface area contributed by atoms with Crippen LogP contribution in [0.3, 0.4) is 0 Å². The lowest BCUT2D eigenvalue weighted by Gasteiger charge is -2.24. The van der Waals surface area contributed by atoms with Gasteiger partial charge in [-0.15, -0.1) is 11.3 Å². The van der Waals surface area contributed by atoms with Gasteiger partial charge in [-0.3, -0.25) is 9.47 Å². The second kappa shape index (κ2) is 6.74. The molecule has 0 spiro atoms. The summed E-state index contributed by atoms with van der Waals surface area (Å²) in [5.74, 6) is 0.366. The summed E-state index contributed by atoms with van der Waals surface area (Å²) >= 11 is 1.63. The predicted octanol–water partition coefficient (Wildman–Crippen LogP) is 5.23. The summed E-state index contributed by atoms with van der Waals surface area (Å²) in [4.78, 5) is 11.1. The fourth-order valence-corrected chi connectivity index (χ4v) is 4.13. The summed E-state index contributed by atoms with van der Waals surface area (Å²) in [5.41, 5.74) is 2.01. The molecule has 1 atom stereocenters. The SMILES string of the molecule is CC(c1nc2ccccc2n1C(F)F)N(C)Cc1nc2ccccc2s1. The normalized spacial score (nSPS) is 13.3. The number of aromatic nitrogens is 3. The van der Waals surface area contributed by atoms with Crippen LogP contribution < -0.4 is 0 Å². The van der Waals surface area contributed by atoms with Crippen LogP contribution in [-0.2, 0) is 6.54 Å². The van der Waals surface area contributed by atoms with Crippen molar-refractivity contribution in [3.05, 3.63) is 59.4 Å². The highest BCUT2D eigenvalue weighted by Crippen LogP contribution is 2.30. The maximum atomic E-state index is 13.7. The molecule has 0 fully saturated rings. The second-order valence-corrected chi connectivity index (χ2v) is 7.39. The van der Waals surface area contributed by atoms with E-state index in [-0.39, 0.29) is 6.04 Å². The van der Waals surface area contributed by atoms with Crippen molar-refractivity contribution in [3.63, 3.8) is 0 Å². The third-order valence-corrected chi connectivity index (χ3v) is 5.60. The van der Waals surface area contributed by atoms with Gasteiger partial charge in [0.1, 0.15) is 10.8 Å². The van der Waals surface area contributed by atoms with Gasteiger partial charge in [0.15, 0.2) is 0 Å². The molecule has 0 bridgehead atoms. The van der Waals surface area contributed by atoms with Crippen LogP contribution in [-0.4, -0.2) is 26.5 Å². The largest absolute Gasteiger partial charge is 0.320 e. The first-order valence-electron chi connectivity index (χ1n) is 8.34. The molecule has 0 saturated heterocycles. The highest BCUT2D eigenvalue weighted by molar-refractivity contribution is 7.18. The average Bonchev–Trinajstić information content (AvgIpc) is 3.21. The summed E-state index contributed by atoms with van der Waals surface area (Å²) in [6.07, 6.45) is 0. The maximum Gasteiger partial charge on any atom is 0.320 e. The lowest BCUT2D eigenvalue weighted by molar-refractivity contribution is 0.0657. The van der Waals surface area contributed by atoms with Crippen molar-refractivity contribution in [2.45, 2.75) is 26.1 Å². The number of nitrogens with zero attached hydrogens (tertiary/aromatic N) is 4. The topological polar surface area (TPSA) is 34.0 Å². The number of hydrogen-bond acceptors (Lipinski definition) is 4. The molecule has 2 aromatic carbocycles. The van der Waals surface area contributed by atoms with Crippen molar-refractivity contribution >= 4 is 32.6 Å². The Balaban J connectivity index is 1.65. The van der Waals surface area contributed by atoms with Gasteiger partial charge in [0.2, 0.25) is 0 Å². The molecule has 0 aliphatic rings. The van der Waals surface area contributed by atoms with Gasteiger partial charge in [-0.25, -0.2) is 9.97 Å². The highest BCUT2D eigenvalue weighted by atomic mass is 32.1. The fraction of sp³-hybridized carbons (Fsp3) is 0.263. The smallest absolute Gasteiger partial charge is 0.290 e. The Morgan fingerprint density at radius 2 is 1.73 bits per heavy atom. The van der Waals surface area contributed by atoms with E-state index in [4.69, 9.17) is 0 Å². The van der Waals surface area contributed by atoms with Gasteiger partial charge in [-0.05, 0) is 38.2 Å². The molecule has 2 aromatic heterocycles. The molecule has 4 aromatic rings. The first-order chi connectivity index (χ1) is 12.5. The number of alkyl halides is 2. The van der Waals surface area contributed by atoms with Crippen molar-refractivity contribution < 1.29 is 8.78 Å².